The molecule has 0 spiro atoms. The van der Waals surface area contributed by atoms with Gasteiger partial charge in [-0.15, -0.1) is 47.5 Å². The van der Waals surface area contributed by atoms with Gasteiger partial charge in [-0.3, -0.25) is 0 Å². The summed E-state index contributed by atoms with van der Waals surface area (Å²) in [6.07, 6.45) is 6.77. The molecule has 0 atom stereocenters. The van der Waals surface area contributed by atoms with E-state index in [1.165, 1.54) is 27.2 Å². The molecular formula is C33H20IrN4-2. The zero-order valence-electron chi connectivity index (χ0n) is 20.2. The average molecular weight is 665 g/mol. The van der Waals surface area contributed by atoms with Crippen molar-refractivity contribution in [1.82, 2.24) is 19.4 Å². The Morgan fingerprint density at radius 2 is 1.24 bits per heavy atom. The Morgan fingerprint density at radius 3 is 1.95 bits per heavy atom. The zero-order valence-corrected chi connectivity index (χ0v) is 22.6. The van der Waals surface area contributed by atoms with E-state index in [2.05, 4.69) is 75.2 Å². The average Bonchev–Trinajstić information content (AvgIpc) is 3.51. The number of pyridine rings is 3. The van der Waals surface area contributed by atoms with Crippen LogP contribution in [0.15, 0.2) is 122 Å². The third-order valence-electron chi connectivity index (χ3n) is 6.60. The summed E-state index contributed by atoms with van der Waals surface area (Å²) in [5, 5.41) is 4.90. The van der Waals surface area contributed by atoms with Crippen molar-refractivity contribution < 1.29 is 20.1 Å². The van der Waals surface area contributed by atoms with Crippen molar-refractivity contribution in [3.05, 3.63) is 134 Å². The molecule has 5 heterocycles. The van der Waals surface area contributed by atoms with E-state index in [0.717, 1.165) is 33.5 Å². The van der Waals surface area contributed by atoms with Crippen molar-refractivity contribution in [2.75, 3.05) is 0 Å². The van der Waals surface area contributed by atoms with Gasteiger partial charge in [-0.2, -0.15) is 0 Å². The van der Waals surface area contributed by atoms with E-state index in [0.29, 0.717) is 0 Å². The van der Waals surface area contributed by atoms with E-state index in [4.69, 9.17) is 4.98 Å². The van der Waals surface area contributed by atoms with Crippen LogP contribution in [-0.4, -0.2) is 19.4 Å². The van der Waals surface area contributed by atoms with Gasteiger partial charge in [-0.1, -0.05) is 66.0 Å². The molecule has 4 nitrogen and oxygen atoms in total. The predicted molar refractivity (Wildman–Crippen MR) is 149 cm³/mol. The third kappa shape index (κ3) is 4.03. The molecule has 183 valence electrons. The minimum Gasteiger partial charge on any atom is -0.335 e. The molecule has 8 rings (SSSR count). The first kappa shape index (κ1) is 23.9. The summed E-state index contributed by atoms with van der Waals surface area (Å²) in [4.78, 5) is 13.3. The molecular weight excluding hydrogens is 645 g/mol. The van der Waals surface area contributed by atoms with Crippen LogP contribution in [0.25, 0.3) is 60.7 Å². The fraction of sp³-hybridized carbons (Fsp3) is 0. The monoisotopic (exact) mass is 665 g/mol. The van der Waals surface area contributed by atoms with Gasteiger partial charge >= 0.3 is 0 Å². The van der Waals surface area contributed by atoms with Gasteiger partial charge in [-0.25, -0.2) is 0 Å². The quantitative estimate of drug-likeness (QED) is 0.179. The molecule has 1 radical (unpaired) electrons. The SMILES string of the molecule is [Ir].[c-]1ccccc1-c1ccccn1.[c-]1nc2c(cc1-c1ccccn1)c1cccc3c4ccccc4n2c31. The first-order chi connectivity index (χ1) is 18.4. The number of aromatic nitrogens is 4. The maximum absolute atomic E-state index is 4.70. The Labute approximate surface area is 233 Å². The van der Waals surface area contributed by atoms with Gasteiger partial charge in [0.15, 0.2) is 0 Å². The summed E-state index contributed by atoms with van der Waals surface area (Å²) in [7, 11) is 0. The molecule has 8 aromatic rings. The van der Waals surface area contributed by atoms with Gasteiger partial charge in [-0.05, 0) is 41.2 Å². The minimum atomic E-state index is 0. The topological polar surface area (TPSA) is 43.1 Å². The Hall–Kier alpha value is -4.44. The number of para-hydroxylation sites is 2. The van der Waals surface area contributed by atoms with Crippen molar-refractivity contribution in [3.63, 3.8) is 0 Å². The van der Waals surface area contributed by atoms with E-state index >= 15 is 0 Å². The molecule has 5 heteroatoms. The van der Waals surface area contributed by atoms with Crippen molar-refractivity contribution in [2.24, 2.45) is 0 Å². The molecule has 38 heavy (non-hydrogen) atoms. The second-order valence-corrected chi connectivity index (χ2v) is 8.78. The molecule has 0 aliphatic heterocycles. The van der Waals surface area contributed by atoms with Gasteiger partial charge in [0.1, 0.15) is 0 Å². The van der Waals surface area contributed by atoms with E-state index in [1.807, 2.05) is 60.7 Å². The van der Waals surface area contributed by atoms with Crippen LogP contribution in [0.2, 0.25) is 0 Å². The second-order valence-electron chi connectivity index (χ2n) is 8.78. The number of hydrogen-bond acceptors (Lipinski definition) is 3. The first-order valence-electron chi connectivity index (χ1n) is 12.1. The molecule has 3 aromatic carbocycles. The fourth-order valence-electron chi connectivity index (χ4n) is 4.97. The van der Waals surface area contributed by atoms with Crippen LogP contribution in [0.1, 0.15) is 0 Å². The zero-order chi connectivity index (χ0) is 24.6. The van der Waals surface area contributed by atoms with Crippen molar-refractivity contribution >= 4 is 38.2 Å². The number of benzene rings is 3. The number of rotatable bonds is 2. The first-order valence-corrected chi connectivity index (χ1v) is 12.1. The third-order valence-corrected chi connectivity index (χ3v) is 6.60. The predicted octanol–water partition coefficient (Wildman–Crippen LogP) is 7.64. The molecule has 5 aromatic heterocycles. The summed E-state index contributed by atoms with van der Waals surface area (Å²) in [6, 6.07) is 39.9. The van der Waals surface area contributed by atoms with Crippen molar-refractivity contribution in [1.29, 1.82) is 0 Å². The molecule has 0 fully saturated rings. The van der Waals surface area contributed by atoms with E-state index < -0.39 is 0 Å². The molecule has 0 saturated carbocycles. The normalized spacial score (nSPS) is 10.9. The maximum Gasteiger partial charge on any atom is 0.0604 e. The minimum absolute atomic E-state index is 0. The van der Waals surface area contributed by atoms with Crippen LogP contribution >= 0.6 is 0 Å². The van der Waals surface area contributed by atoms with Crippen LogP contribution in [-0.2, 0) is 20.1 Å². The van der Waals surface area contributed by atoms with E-state index in [9.17, 15) is 0 Å². The van der Waals surface area contributed by atoms with Gasteiger partial charge in [0.05, 0.1) is 11.2 Å². The molecule has 0 aliphatic rings. The van der Waals surface area contributed by atoms with E-state index in [1.54, 1.807) is 12.4 Å². The molecule has 0 amide bonds. The summed E-state index contributed by atoms with van der Waals surface area (Å²) in [5.41, 5.74) is 7.20. The standard InChI is InChI=1S/C22H12N3.C11H8N.Ir/c1-2-10-20-15(6-1)16-7-5-8-17-18-12-14(19-9-3-4-11-23-19)13-24-22(18)25(20)21(16)17;1-2-6-10(7-3-1)11-8-4-5-9-12-11;/h1-12H;1-6,8-9H;/q2*-1;. The van der Waals surface area contributed by atoms with Crippen molar-refractivity contribution in [2.45, 2.75) is 0 Å². The number of hydrogen-bond donors (Lipinski definition) is 0. The number of nitrogens with zero attached hydrogens (tertiary/aromatic N) is 4. The molecule has 0 bridgehead atoms. The number of fused-ring (bicyclic) bond motifs is 6. The Morgan fingerprint density at radius 1 is 0.579 bits per heavy atom. The van der Waals surface area contributed by atoms with Crippen LogP contribution in [0.5, 0.6) is 0 Å². The van der Waals surface area contributed by atoms with Gasteiger partial charge < -0.3 is 19.4 Å². The van der Waals surface area contributed by atoms with Gasteiger partial charge in [0.2, 0.25) is 0 Å². The summed E-state index contributed by atoms with van der Waals surface area (Å²) >= 11 is 0. The van der Waals surface area contributed by atoms with Crippen LogP contribution in [0.4, 0.5) is 0 Å². The fourth-order valence-corrected chi connectivity index (χ4v) is 4.97. The summed E-state index contributed by atoms with van der Waals surface area (Å²) in [5.74, 6) is 0. The van der Waals surface area contributed by atoms with Crippen molar-refractivity contribution in [3.8, 4) is 22.5 Å². The van der Waals surface area contributed by atoms with Crippen LogP contribution in [0.3, 0.4) is 0 Å². The van der Waals surface area contributed by atoms with Gasteiger partial charge in [0, 0.05) is 48.8 Å². The molecule has 0 unspecified atom stereocenters. The molecule has 0 saturated heterocycles. The Balaban J connectivity index is 0.000000172. The second kappa shape index (κ2) is 10.1. The summed E-state index contributed by atoms with van der Waals surface area (Å²) in [6.45, 7) is 0. The van der Waals surface area contributed by atoms with Gasteiger partial charge in [0.25, 0.3) is 0 Å². The summed E-state index contributed by atoms with van der Waals surface area (Å²) < 4.78 is 2.26. The molecule has 0 aliphatic carbocycles. The van der Waals surface area contributed by atoms with Crippen LogP contribution in [0, 0.1) is 12.3 Å². The van der Waals surface area contributed by atoms with E-state index in [-0.39, 0.29) is 20.1 Å². The molecule has 0 N–H and O–H groups in total. The largest absolute Gasteiger partial charge is 0.335 e. The van der Waals surface area contributed by atoms with Crippen LogP contribution < -0.4 is 0 Å². The Kier molecular flexibility index (Phi) is 6.38. The smallest absolute Gasteiger partial charge is 0.0604 e. The Bertz CT molecular complexity index is 1930. The maximum atomic E-state index is 4.70.